The summed E-state index contributed by atoms with van der Waals surface area (Å²) in [6.07, 6.45) is 6.21. The van der Waals surface area contributed by atoms with Crippen LogP contribution >= 0.6 is 0 Å². The minimum atomic E-state index is -0.110. The van der Waals surface area contributed by atoms with E-state index in [9.17, 15) is 4.79 Å². The maximum Gasteiger partial charge on any atom is 0.244 e. The molecule has 1 radical (unpaired) electrons. The molecule has 2 aromatic heterocycles. The third kappa shape index (κ3) is 6.35. The molecule has 3 N–H and O–H groups in total. The van der Waals surface area contributed by atoms with Crippen LogP contribution in [0.15, 0.2) is 109 Å². The summed E-state index contributed by atoms with van der Waals surface area (Å²) < 4.78 is 0. The standard InChI is InChI=1S/C38H36N5O/c1-3-43(4-2)32-21-19-30(20-22-32)38-41-36(28-10-6-5-7-11-28)37(42-38)29-17-14-27(15-18-29)16-23-35(44)39-25-24-31-26-40-34-13-9-8-12-33(31)34/h5-10,12-23,26,40H,3-4,24-25H2,1-2H3,(H,39,44)(H,41,42). The fourth-order valence-corrected chi connectivity index (χ4v) is 5.52. The van der Waals surface area contributed by atoms with Gasteiger partial charge >= 0.3 is 0 Å². The number of carbonyl (C=O) groups is 1. The Hall–Kier alpha value is -5.36. The Morgan fingerprint density at radius 2 is 1.66 bits per heavy atom. The normalized spacial score (nSPS) is 11.3. The number of anilines is 1. The molecule has 6 nitrogen and oxygen atoms in total. The molecule has 44 heavy (non-hydrogen) atoms. The van der Waals surface area contributed by atoms with Gasteiger partial charge in [0.15, 0.2) is 0 Å². The lowest BCUT2D eigenvalue weighted by Gasteiger charge is -2.20. The van der Waals surface area contributed by atoms with Crippen LogP contribution in [0.1, 0.15) is 25.0 Å². The highest BCUT2D eigenvalue weighted by molar-refractivity contribution is 5.92. The number of nitrogens with one attached hydrogen (secondary N) is 3. The number of aromatic amines is 2. The van der Waals surface area contributed by atoms with Crippen molar-refractivity contribution in [3.8, 4) is 33.9 Å². The molecular formula is C38H36N5O. The molecule has 0 saturated heterocycles. The average molecular weight is 579 g/mol. The second kappa shape index (κ2) is 13.3. The van der Waals surface area contributed by atoms with E-state index in [2.05, 4.69) is 88.6 Å². The summed E-state index contributed by atoms with van der Waals surface area (Å²) >= 11 is 0. The molecule has 6 rings (SSSR count). The number of carbonyl (C=O) groups excluding carboxylic acids is 1. The highest BCUT2D eigenvalue weighted by Gasteiger charge is 2.16. The van der Waals surface area contributed by atoms with Crippen molar-refractivity contribution < 1.29 is 4.79 Å². The SMILES string of the molecule is CCN(CC)c1ccc(-c2nc(-c3[c]cccc3)c(-c3ccc(C=CC(=O)NCCc4c[nH]c5ccccc45)cc3)[nH]2)cc1. The van der Waals surface area contributed by atoms with Crippen LogP contribution in [-0.4, -0.2) is 40.5 Å². The zero-order valence-corrected chi connectivity index (χ0v) is 25.1. The van der Waals surface area contributed by atoms with E-state index in [0.29, 0.717) is 6.54 Å². The summed E-state index contributed by atoms with van der Waals surface area (Å²) in [5.41, 5.74) is 9.21. The molecule has 0 spiro atoms. The zero-order chi connectivity index (χ0) is 30.3. The van der Waals surface area contributed by atoms with Gasteiger partial charge in [-0.1, -0.05) is 66.7 Å². The summed E-state index contributed by atoms with van der Waals surface area (Å²) in [5, 5.41) is 4.19. The number of hydrogen-bond acceptors (Lipinski definition) is 3. The van der Waals surface area contributed by atoms with Crippen LogP contribution in [0.5, 0.6) is 0 Å². The Balaban J connectivity index is 1.16. The van der Waals surface area contributed by atoms with Gasteiger partial charge in [0.25, 0.3) is 0 Å². The van der Waals surface area contributed by atoms with Crippen LogP contribution in [0.2, 0.25) is 0 Å². The molecule has 6 heteroatoms. The second-order valence-corrected chi connectivity index (χ2v) is 10.7. The van der Waals surface area contributed by atoms with Gasteiger partial charge in [0.2, 0.25) is 5.91 Å². The van der Waals surface area contributed by atoms with Gasteiger partial charge in [-0.3, -0.25) is 4.79 Å². The molecular weight excluding hydrogens is 542 g/mol. The number of nitrogens with zero attached hydrogens (tertiary/aromatic N) is 2. The molecule has 0 unspecified atom stereocenters. The maximum absolute atomic E-state index is 12.5. The monoisotopic (exact) mass is 578 g/mol. The highest BCUT2D eigenvalue weighted by atomic mass is 16.1. The molecule has 1 amide bonds. The van der Waals surface area contributed by atoms with E-state index >= 15 is 0 Å². The van der Waals surface area contributed by atoms with Gasteiger partial charge in [0.1, 0.15) is 5.82 Å². The fourth-order valence-electron chi connectivity index (χ4n) is 5.52. The van der Waals surface area contributed by atoms with Gasteiger partial charge < -0.3 is 20.2 Å². The lowest BCUT2D eigenvalue weighted by molar-refractivity contribution is -0.116. The number of benzene rings is 4. The van der Waals surface area contributed by atoms with E-state index in [1.807, 2.05) is 60.8 Å². The van der Waals surface area contributed by atoms with Crippen molar-refractivity contribution in [3.63, 3.8) is 0 Å². The number of para-hydroxylation sites is 1. The van der Waals surface area contributed by atoms with Crippen LogP contribution in [0.4, 0.5) is 5.69 Å². The van der Waals surface area contributed by atoms with E-state index in [-0.39, 0.29) is 5.91 Å². The molecule has 0 saturated carbocycles. The van der Waals surface area contributed by atoms with E-state index in [1.165, 1.54) is 16.6 Å². The Labute approximate surface area is 258 Å². The van der Waals surface area contributed by atoms with E-state index in [1.54, 1.807) is 6.08 Å². The van der Waals surface area contributed by atoms with Crippen molar-refractivity contribution in [2.75, 3.05) is 24.5 Å². The molecule has 0 fully saturated rings. The van der Waals surface area contributed by atoms with Crippen molar-refractivity contribution in [1.82, 2.24) is 20.3 Å². The molecule has 2 heterocycles. The molecule has 0 aliphatic carbocycles. The van der Waals surface area contributed by atoms with Gasteiger partial charge in [-0.2, -0.15) is 0 Å². The summed E-state index contributed by atoms with van der Waals surface area (Å²) in [6, 6.07) is 36.1. The molecule has 0 atom stereocenters. The minimum Gasteiger partial charge on any atom is -0.372 e. The molecule has 0 aliphatic heterocycles. The smallest absolute Gasteiger partial charge is 0.244 e. The Kier molecular flexibility index (Phi) is 8.69. The number of rotatable bonds is 11. The van der Waals surface area contributed by atoms with Crippen molar-refractivity contribution in [3.05, 3.63) is 127 Å². The Morgan fingerprint density at radius 1 is 0.909 bits per heavy atom. The number of aromatic nitrogens is 3. The van der Waals surface area contributed by atoms with E-state index in [4.69, 9.17) is 4.98 Å². The third-order valence-electron chi connectivity index (χ3n) is 7.93. The number of fused-ring (bicyclic) bond motifs is 1. The van der Waals surface area contributed by atoms with E-state index < -0.39 is 0 Å². The third-order valence-corrected chi connectivity index (χ3v) is 7.93. The predicted octanol–water partition coefficient (Wildman–Crippen LogP) is 7.91. The van der Waals surface area contributed by atoms with Gasteiger partial charge in [-0.25, -0.2) is 4.98 Å². The molecule has 0 bridgehead atoms. The van der Waals surface area contributed by atoms with Crippen molar-refractivity contribution >= 4 is 28.6 Å². The van der Waals surface area contributed by atoms with Crippen LogP contribution in [0, 0.1) is 6.07 Å². The maximum atomic E-state index is 12.5. The second-order valence-electron chi connectivity index (χ2n) is 10.7. The minimum absolute atomic E-state index is 0.110. The van der Waals surface area contributed by atoms with Gasteiger partial charge in [0, 0.05) is 65.2 Å². The lowest BCUT2D eigenvalue weighted by Crippen LogP contribution is -2.23. The summed E-state index contributed by atoms with van der Waals surface area (Å²) in [4.78, 5) is 26.7. The van der Waals surface area contributed by atoms with Crippen LogP contribution in [-0.2, 0) is 11.2 Å². The summed E-state index contributed by atoms with van der Waals surface area (Å²) in [5.74, 6) is 0.702. The van der Waals surface area contributed by atoms with Crippen molar-refractivity contribution in [1.29, 1.82) is 0 Å². The number of amides is 1. The number of H-pyrrole nitrogens is 2. The lowest BCUT2D eigenvalue weighted by atomic mass is 10.0. The zero-order valence-electron chi connectivity index (χ0n) is 25.1. The number of imidazole rings is 1. The quantitative estimate of drug-likeness (QED) is 0.137. The fraction of sp³-hybridized carbons (Fsp3) is 0.158. The first-order chi connectivity index (χ1) is 21.6. The molecule has 6 aromatic rings. The van der Waals surface area contributed by atoms with Crippen LogP contribution in [0.25, 0.3) is 50.9 Å². The van der Waals surface area contributed by atoms with Crippen molar-refractivity contribution in [2.45, 2.75) is 20.3 Å². The first-order valence-electron chi connectivity index (χ1n) is 15.2. The van der Waals surface area contributed by atoms with Crippen molar-refractivity contribution in [2.24, 2.45) is 0 Å². The topological polar surface area (TPSA) is 76.8 Å². The first kappa shape index (κ1) is 28.7. The van der Waals surface area contributed by atoms with Crippen LogP contribution < -0.4 is 10.2 Å². The largest absolute Gasteiger partial charge is 0.372 e. The summed E-state index contributed by atoms with van der Waals surface area (Å²) in [6.45, 7) is 6.85. The highest BCUT2D eigenvalue weighted by Crippen LogP contribution is 2.33. The van der Waals surface area contributed by atoms with Gasteiger partial charge in [-0.05, 0) is 73.9 Å². The Bertz CT molecular complexity index is 1860. The van der Waals surface area contributed by atoms with Gasteiger partial charge in [0.05, 0.1) is 11.4 Å². The molecule has 4 aromatic carbocycles. The predicted molar refractivity (Wildman–Crippen MR) is 181 cm³/mol. The molecule has 0 aliphatic rings. The average Bonchev–Trinajstić information content (AvgIpc) is 3.71. The van der Waals surface area contributed by atoms with Gasteiger partial charge in [-0.15, -0.1) is 0 Å². The number of hydrogen-bond donors (Lipinski definition) is 3. The van der Waals surface area contributed by atoms with E-state index in [0.717, 1.165) is 64.5 Å². The summed E-state index contributed by atoms with van der Waals surface area (Å²) in [7, 11) is 0. The van der Waals surface area contributed by atoms with Crippen LogP contribution in [0.3, 0.4) is 0 Å². The first-order valence-corrected chi connectivity index (χ1v) is 15.2. The Morgan fingerprint density at radius 3 is 2.41 bits per heavy atom. The molecule has 219 valence electrons.